The van der Waals surface area contributed by atoms with Crippen LogP contribution in [0.15, 0.2) is 83.0 Å². The number of nitrogens with zero attached hydrogens (tertiary/aromatic N) is 1. The first-order chi connectivity index (χ1) is 16.6. The lowest BCUT2D eigenvalue weighted by molar-refractivity contribution is -0.117. The third-order valence-electron chi connectivity index (χ3n) is 7.96. The Morgan fingerprint density at radius 3 is 2.68 bits per heavy atom. The summed E-state index contributed by atoms with van der Waals surface area (Å²) in [6.45, 7) is 2.30. The summed E-state index contributed by atoms with van der Waals surface area (Å²) >= 11 is 0. The van der Waals surface area contributed by atoms with E-state index in [0.717, 1.165) is 17.5 Å². The molecular weight excluding hydrogens is 414 g/mol. The van der Waals surface area contributed by atoms with E-state index in [1.807, 2.05) is 30.3 Å². The van der Waals surface area contributed by atoms with E-state index in [4.69, 9.17) is 4.99 Å². The van der Waals surface area contributed by atoms with Crippen LogP contribution in [0.4, 0.5) is 0 Å². The van der Waals surface area contributed by atoms with Crippen molar-refractivity contribution in [2.45, 2.75) is 70.6 Å². The van der Waals surface area contributed by atoms with Crippen LogP contribution in [0.3, 0.4) is 0 Å². The van der Waals surface area contributed by atoms with E-state index in [0.29, 0.717) is 36.5 Å². The van der Waals surface area contributed by atoms with Crippen molar-refractivity contribution in [1.29, 1.82) is 0 Å². The summed E-state index contributed by atoms with van der Waals surface area (Å²) in [4.78, 5) is 17.6. The fraction of sp³-hybridized carbons (Fsp3) is 0.438. The van der Waals surface area contributed by atoms with Crippen molar-refractivity contribution in [2.75, 3.05) is 0 Å². The van der Waals surface area contributed by atoms with E-state index in [9.17, 15) is 4.79 Å². The molecule has 182 valence electrons. The molecule has 0 aromatic heterocycles. The Morgan fingerprint density at radius 2 is 1.79 bits per heavy atom. The molecule has 0 spiro atoms. The summed E-state index contributed by atoms with van der Waals surface area (Å²) < 4.78 is 0. The smallest absolute Gasteiger partial charge is 0.141 e. The Balaban J connectivity index is 0.00000160. The normalized spacial score (nSPS) is 26.4. The maximum absolute atomic E-state index is 12.7. The van der Waals surface area contributed by atoms with Crippen LogP contribution in [0, 0.1) is 17.8 Å². The Morgan fingerprint density at radius 1 is 0.971 bits per heavy atom. The number of aliphatic imine (C=N–C) groups is 1. The highest BCUT2D eigenvalue weighted by Gasteiger charge is 2.28. The second-order valence-electron chi connectivity index (χ2n) is 10.8. The number of Topliss-reactive ketones (excluding diaryl/α,β-unsaturated/α-hetero) is 1. The number of hydrogen-bond donors (Lipinski definition) is 0. The van der Waals surface area contributed by atoms with Gasteiger partial charge in [-0.1, -0.05) is 86.5 Å². The molecule has 2 aromatic rings. The number of ketones is 1. The van der Waals surface area contributed by atoms with Crippen LogP contribution in [0.1, 0.15) is 78.8 Å². The first-order valence-electron chi connectivity index (χ1n) is 13.2. The minimum Gasteiger partial charge on any atom is -0.299 e. The van der Waals surface area contributed by atoms with Gasteiger partial charge in [-0.15, -0.1) is 0 Å². The molecule has 1 aliphatic heterocycles. The molecule has 0 bridgehead atoms. The summed E-state index contributed by atoms with van der Waals surface area (Å²) in [6.07, 6.45) is 16.6. The van der Waals surface area contributed by atoms with Crippen LogP contribution in [0.25, 0.3) is 0 Å². The zero-order valence-corrected chi connectivity index (χ0v) is 20.5. The number of rotatable bonds is 7. The van der Waals surface area contributed by atoms with Gasteiger partial charge in [0.1, 0.15) is 5.78 Å². The molecule has 0 N–H and O–H groups in total. The van der Waals surface area contributed by atoms with Crippen molar-refractivity contribution in [3.05, 3.63) is 94.7 Å². The molecule has 2 nitrogen and oxygen atoms in total. The van der Waals surface area contributed by atoms with Crippen molar-refractivity contribution in [2.24, 2.45) is 22.7 Å². The summed E-state index contributed by atoms with van der Waals surface area (Å²) in [6, 6.07) is 18.9. The zero-order valence-electron chi connectivity index (χ0n) is 20.5. The van der Waals surface area contributed by atoms with Gasteiger partial charge in [-0.05, 0) is 78.0 Å². The predicted molar refractivity (Wildman–Crippen MR) is 148 cm³/mol. The molecule has 0 amide bonds. The first kappa shape index (κ1) is 23.0. The molecule has 1 saturated carbocycles. The molecule has 1 fully saturated rings. The minimum absolute atomic E-state index is 0. The van der Waals surface area contributed by atoms with Gasteiger partial charge < -0.3 is 0 Å². The molecule has 0 saturated heterocycles. The lowest BCUT2D eigenvalue weighted by Crippen LogP contribution is -2.16. The maximum atomic E-state index is 12.7. The Labute approximate surface area is 209 Å². The fourth-order valence-corrected chi connectivity index (χ4v) is 6.27. The molecule has 5 rings (SSSR count). The van der Waals surface area contributed by atoms with Crippen molar-refractivity contribution in [3.8, 4) is 0 Å². The molecule has 2 aliphatic carbocycles. The number of fused-ring (bicyclic) bond motifs is 1. The Bertz CT molecular complexity index is 1110. The van der Waals surface area contributed by atoms with E-state index in [1.54, 1.807) is 0 Å². The standard InChI is InChI=1S/C32H37NO.3H2/c1-23-16-29-14-7-15-31(29)32(33-22-23)21-26-11-6-13-28(18-26)27-12-5-10-25(17-27)20-30(34)19-24-8-3-2-4-9-24;;;/h2-5,7-10,12,15,17,22-23,26,28-29H,6,11,13-14,16,18-21H2,1H3;3*1H. The summed E-state index contributed by atoms with van der Waals surface area (Å²) in [5.74, 6) is 2.83. The molecule has 0 radical (unpaired) electrons. The van der Waals surface area contributed by atoms with Crippen LogP contribution in [-0.2, 0) is 17.6 Å². The van der Waals surface area contributed by atoms with E-state index in [-0.39, 0.29) is 10.1 Å². The zero-order chi connectivity index (χ0) is 23.3. The SMILES string of the molecule is CC1C=NC(CC2CCCC(c3cccc(CC(=O)Cc4ccccc4)c3)C2)=C2C=CCC2C1.[HH].[HH].[HH]. The summed E-state index contributed by atoms with van der Waals surface area (Å²) in [7, 11) is 0. The van der Waals surface area contributed by atoms with E-state index < -0.39 is 0 Å². The second-order valence-corrected chi connectivity index (χ2v) is 10.8. The topological polar surface area (TPSA) is 29.4 Å². The average Bonchev–Trinajstić information content (AvgIpc) is 3.25. The van der Waals surface area contributed by atoms with Crippen LogP contribution in [0.2, 0.25) is 0 Å². The number of carbonyl (C=O) groups excluding carboxylic acids is 1. The van der Waals surface area contributed by atoms with Gasteiger partial charge in [-0.25, -0.2) is 0 Å². The highest BCUT2D eigenvalue weighted by atomic mass is 16.1. The van der Waals surface area contributed by atoms with Gasteiger partial charge in [0.2, 0.25) is 0 Å². The Hall–Kier alpha value is -2.74. The van der Waals surface area contributed by atoms with Crippen molar-refractivity contribution in [1.82, 2.24) is 0 Å². The van der Waals surface area contributed by atoms with Gasteiger partial charge in [0.15, 0.2) is 0 Å². The molecule has 34 heavy (non-hydrogen) atoms. The van der Waals surface area contributed by atoms with Gasteiger partial charge in [-0.3, -0.25) is 9.79 Å². The van der Waals surface area contributed by atoms with Crippen molar-refractivity contribution < 1.29 is 9.07 Å². The molecule has 1 heterocycles. The van der Waals surface area contributed by atoms with Gasteiger partial charge >= 0.3 is 0 Å². The van der Waals surface area contributed by atoms with Gasteiger partial charge in [-0.2, -0.15) is 0 Å². The lowest BCUT2D eigenvalue weighted by Gasteiger charge is -2.30. The minimum atomic E-state index is 0. The number of hydrogen-bond acceptors (Lipinski definition) is 2. The number of carbonyl (C=O) groups is 1. The van der Waals surface area contributed by atoms with Gasteiger partial charge in [0, 0.05) is 29.0 Å². The van der Waals surface area contributed by atoms with Crippen LogP contribution >= 0.6 is 0 Å². The van der Waals surface area contributed by atoms with E-state index in [1.165, 1.54) is 55.4 Å². The quantitative estimate of drug-likeness (QED) is 0.410. The first-order valence-corrected chi connectivity index (χ1v) is 13.2. The Kier molecular flexibility index (Phi) is 7.23. The summed E-state index contributed by atoms with van der Waals surface area (Å²) in [5.41, 5.74) is 6.55. The predicted octanol–water partition coefficient (Wildman–Crippen LogP) is 8.38. The fourth-order valence-electron chi connectivity index (χ4n) is 6.27. The highest BCUT2D eigenvalue weighted by Crippen LogP contribution is 2.42. The summed E-state index contributed by atoms with van der Waals surface area (Å²) in [5, 5.41) is 0. The monoisotopic (exact) mass is 457 g/mol. The molecule has 2 aromatic carbocycles. The molecule has 4 unspecified atom stereocenters. The third-order valence-corrected chi connectivity index (χ3v) is 7.96. The highest BCUT2D eigenvalue weighted by molar-refractivity contribution is 5.83. The third kappa shape index (κ3) is 5.66. The maximum Gasteiger partial charge on any atom is 0.141 e. The largest absolute Gasteiger partial charge is 0.299 e. The average molecular weight is 458 g/mol. The van der Waals surface area contributed by atoms with Gasteiger partial charge in [0.05, 0.1) is 0 Å². The van der Waals surface area contributed by atoms with Crippen LogP contribution in [0.5, 0.6) is 0 Å². The van der Waals surface area contributed by atoms with Crippen molar-refractivity contribution >= 4 is 12.0 Å². The van der Waals surface area contributed by atoms with Gasteiger partial charge in [0.25, 0.3) is 0 Å². The molecular formula is C32H43NO. The lowest BCUT2D eigenvalue weighted by atomic mass is 9.75. The molecule has 2 heteroatoms. The van der Waals surface area contributed by atoms with Crippen molar-refractivity contribution in [3.63, 3.8) is 0 Å². The van der Waals surface area contributed by atoms with Crippen LogP contribution in [-0.4, -0.2) is 12.0 Å². The van der Waals surface area contributed by atoms with E-state index >= 15 is 0 Å². The second kappa shape index (κ2) is 10.7. The number of allylic oxidation sites excluding steroid dienone is 4. The van der Waals surface area contributed by atoms with Crippen LogP contribution < -0.4 is 0 Å². The molecule has 3 aliphatic rings. The molecule has 4 atom stereocenters. The number of benzene rings is 2. The van der Waals surface area contributed by atoms with E-state index in [2.05, 4.69) is 49.6 Å².